The van der Waals surface area contributed by atoms with Gasteiger partial charge in [-0.1, -0.05) is 21.6 Å². The van der Waals surface area contributed by atoms with Crippen LogP contribution in [0.2, 0.25) is 0 Å². The molecular formula is C14H26N4O6S2. The number of rotatable bonds is 13. The number of esters is 2. The van der Waals surface area contributed by atoms with Gasteiger partial charge in [-0.2, -0.15) is 0 Å². The van der Waals surface area contributed by atoms with Gasteiger partial charge in [0.1, 0.15) is 12.1 Å². The maximum Gasteiger partial charge on any atom is 0.329 e. The summed E-state index contributed by atoms with van der Waals surface area (Å²) < 4.78 is 9.31. The number of carbonyl (C=O) groups excluding carboxylic acids is 4. The largest absolute Gasteiger partial charge is 0.467 e. The van der Waals surface area contributed by atoms with Crippen molar-refractivity contribution in [2.45, 2.75) is 24.9 Å². The number of methoxy groups -OCH3 is 2. The molecule has 0 fully saturated rings. The normalized spacial score (nSPS) is 12.6. The SMILES string of the molecule is COC(=O)[C@H](CSSC[C@H](NC(=O)CCN)C(=O)OC)NC(=O)CCN. The Balaban J connectivity index is 4.51. The Labute approximate surface area is 160 Å². The number of amides is 2. The van der Waals surface area contributed by atoms with Gasteiger partial charge in [0.15, 0.2) is 0 Å². The maximum atomic E-state index is 11.7. The Hall–Kier alpha value is -1.50. The number of hydrogen-bond donors (Lipinski definition) is 4. The van der Waals surface area contributed by atoms with Crippen LogP contribution >= 0.6 is 21.6 Å². The topological polar surface area (TPSA) is 163 Å². The van der Waals surface area contributed by atoms with E-state index in [1.165, 1.54) is 35.8 Å². The highest BCUT2D eigenvalue weighted by atomic mass is 33.1. The Morgan fingerprint density at radius 2 is 1.15 bits per heavy atom. The number of hydrogen-bond acceptors (Lipinski definition) is 10. The summed E-state index contributed by atoms with van der Waals surface area (Å²) in [4.78, 5) is 46.6. The summed E-state index contributed by atoms with van der Waals surface area (Å²) in [5.41, 5.74) is 10.6. The van der Waals surface area contributed by atoms with Crippen molar-refractivity contribution in [1.29, 1.82) is 0 Å². The van der Waals surface area contributed by atoms with E-state index in [9.17, 15) is 19.2 Å². The first-order chi connectivity index (χ1) is 12.4. The summed E-state index contributed by atoms with van der Waals surface area (Å²) in [6.07, 6.45) is 0.200. The molecule has 0 aromatic rings. The predicted octanol–water partition coefficient (Wildman–Crippen LogP) is -1.62. The minimum absolute atomic E-state index is 0.100. The van der Waals surface area contributed by atoms with Gasteiger partial charge in [-0.25, -0.2) is 9.59 Å². The number of ether oxygens (including phenoxy) is 2. The molecular weight excluding hydrogens is 384 g/mol. The predicted molar refractivity (Wildman–Crippen MR) is 100 cm³/mol. The Morgan fingerprint density at radius 1 is 0.808 bits per heavy atom. The Morgan fingerprint density at radius 3 is 1.42 bits per heavy atom. The van der Waals surface area contributed by atoms with Crippen LogP contribution < -0.4 is 22.1 Å². The first-order valence-electron chi connectivity index (χ1n) is 7.78. The number of nitrogens with two attached hydrogens (primary N) is 2. The lowest BCUT2D eigenvalue weighted by Gasteiger charge is -2.18. The second kappa shape index (κ2) is 14.6. The van der Waals surface area contributed by atoms with E-state index >= 15 is 0 Å². The van der Waals surface area contributed by atoms with Crippen LogP contribution in [0.3, 0.4) is 0 Å². The first kappa shape index (κ1) is 24.5. The van der Waals surface area contributed by atoms with Crippen LogP contribution in [0, 0.1) is 0 Å². The van der Waals surface area contributed by atoms with Crippen LogP contribution in [-0.4, -0.2) is 74.7 Å². The molecule has 2 atom stereocenters. The molecule has 0 unspecified atom stereocenters. The van der Waals surface area contributed by atoms with Crippen molar-refractivity contribution < 1.29 is 28.7 Å². The van der Waals surface area contributed by atoms with Gasteiger partial charge in [-0.3, -0.25) is 9.59 Å². The van der Waals surface area contributed by atoms with Crippen molar-refractivity contribution >= 4 is 45.3 Å². The Bertz CT molecular complexity index is 438. The minimum Gasteiger partial charge on any atom is -0.467 e. The first-order valence-corrected chi connectivity index (χ1v) is 10.3. The fraction of sp³-hybridized carbons (Fsp3) is 0.714. The van der Waals surface area contributed by atoms with Crippen LogP contribution in [-0.2, 0) is 28.7 Å². The molecule has 0 aromatic heterocycles. The monoisotopic (exact) mass is 410 g/mol. The summed E-state index contributed by atoms with van der Waals surface area (Å²) in [7, 11) is 4.95. The second-order valence-electron chi connectivity index (χ2n) is 4.93. The van der Waals surface area contributed by atoms with E-state index in [-0.39, 0.29) is 49.3 Å². The average molecular weight is 411 g/mol. The summed E-state index contributed by atoms with van der Waals surface area (Å²) in [5.74, 6) is -1.42. The molecule has 0 rings (SSSR count). The van der Waals surface area contributed by atoms with Crippen LogP contribution in [0.1, 0.15) is 12.8 Å². The Kier molecular flexibility index (Phi) is 13.8. The van der Waals surface area contributed by atoms with Crippen LogP contribution in [0.5, 0.6) is 0 Å². The third-order valence-corrected chi connectivity index (χ3v) is 5.36. The van der Waals surface area contributed by atoms with Gasteiger partial charge in [0, 0.05) is 37.4 Å². The molecule has 6 N–H and O–H groups in total. The average Bonchev–Trinajstić information content (AvgIpc) is 2.62. The summed E-state index contributed by atoms with van der Waals surface area (Å²) in [6.45, 7) is 0.343. The molecule has 12 heteroatoms. The molecule has 0 aliphatic heterocycles. The van der Waals surface area contributed by atoms with Crippen molar-refractivity contribution in [2.24, 2.45) is 11.5 Å². The quantitative estimate of drug-likeness (QED) is 0.158. The molecule has 150 valence electrons. The van der Waals surface area contributed by atoms with Gasteiger partial charge in [0.2, 0.25) is 11.8 Å². The fourth-order valence-corrected chi connectivity index (χ4v) is 3.95. The van der Waals surface area contributed by atoms with Gasteiger partial charge < -0.3 is 31.6 Å². The zero-order valence-electron chi connectivity index (χ0n) is 14.8. The van der Waals surface area contributed by atoms with Gasteiger partial charge in [-0.15, -0.1) is 0 Å². The summed E-state index contributed by atoms with van der Waals surface area (Å²) in [6, 6.07) is -1.67. The highest BCUT2D eigenvalue weighted by Gasteiger charge is 2.24. The van der Waals surface area contributed by atoms with E-state index < -0.39 is 24.0 Å². The fourth-order valence-electron chi connectivity index (χ4n) is 1.65. The molecule has 0 aromatic carbocycles. The van der Waals surface area contributed by atoms with Gasteiger partial charge in [-0.05, 0) is 0 Å². The van der Waals surface area contributed by atoms with E-state index in [0.29, 0.717) is 0 Å². The number of carbonyl (C=O) groups is 4. The van der Waals surface area contributed by atoms with E-state index in [0.717, 1.165) is 0 Å². The summed E-state index contributed by atoms with van der Waals surface area (Å²) >= 11 is 0. The van der Waals surface area contributed by atoms with Crippen molar-refractivity contribution in [1.82, 2.24) is 10.6 Å². The van der Waals surface area contributed by atoms with Crippen molar-refractivity contribution in [3.8, 4) is 0 Å². The highest BCUT2D eigenvalue weighted by molar-refractivity contribution is 8.76. The molecule has 0 spiro atoms. The summed E-state index contributed by atoms with van der Waals surface area (Å²) in [5, 5.41) is 5.07. The van der Waals surface area contributed by atoms with Gasteiger partial charge in [0.05, 0.1) is 14.2 Å². The van der Waals surface area contributed by atoms with E-state index in [4.69, 9.17) is 11.5 Å². The molecule has 0 saturated heterocycles. The minimum atomic E-state index is -0.833. The molecule has 26 heavy (non-hydrogen) atoms. The van der Waals surface area contributed by atoms with Crippen molar-refractivity contribution in [2.75, 3.05) is 38.8 Å². The van der Waals surface area contributed by atoms with E-state index in [2.05, 4.69) is 20.1 Å². The third kappa shape index (κ3) is 10.5. The second-order valence-corrected chi connectivity index (χ2v) is 7.49. The third-order valence-electron chi connectivity index (χ3n) is 2.94. The molecule has 0 aliphatic carbocycles. The van der Waals surface area contributed by atoms with Crippen molar-refractivity contribution in [3.05, 3.63) is 0 Å². The van der Waals surface area contributed by atoms with E-state index in [1.807, 2.05) is 0 Å². The highest BCUT2D eigenvalue weighted by Crippen LogP contribution is 2.23. The van der Waals surface area contributed by atoms with Crippen molar-refractivity contribution in [3.63, 3.8) is 0 Å². The lowest BCUT2D eigenvalue weighted by Crippen LogP contribution is -2.44. The van der Waals surface area contributed by atoms with Crippen LogP contribution in [0.4, 0.5) is 0 Å². The molecule has 0 bridgehead atoms. The molecule has 0 aliphatic rings. The standard InChI is InChI=1S/C14H26N4O6S2/c1-23-13(21)9(17-11(19)3-5-15)7-25-26-8-10(14(22)24-2)18-12(20)4-6-16/h9-10H,3-8,15-16H2,1-2H3,(H,17,19)(H,18,20)/t9-,10-/m0/s1. The molecule has 2 amide bonds. The maximum absolute atomic E-state index is 11.7. The van der Waals surface area contributed by atoms with E-state index in [1.54, 1.807) is 0 Å². The lowest BCUT2D eigenvalue weighted by molar-refractivity contribution is -0.144. The number of nitrogens with one attached hydrogen (secondary N) is 2. The zero-order chi connectivity index (χ0) is 19.9. The van der Waals surface area contributed by atoms with Crippen LogP contribution in [0.15, 0.2) is 0 Å². The molecule has 0 saturated carbocycles. The van der Waals surface area contributed by atoms with Gasteiger partial charge in [0.25, 0.3) is 0 Å². The molecule has 0 radical (unpaired) electrons. The lowest BCUT2D eigenvalue weighted by atomic mass is 10.3. The molecule has 10 nitrogen and oxygen atoms in total. The smallest absolute Gasteiger partial charge is 0.329 e. The van der Waals surface area contributed by atoms with Gasteiger partial charge >= 0.3 is 11.9 Å². The zero-order valence-corrected chi connectivity index (χ0v) is 16.5. The van der Waals surface area contributed by atoms with Crippen LogP contribution in [0.25, 0.3) is 0 Å². The molecule has 0 heterocycles.